The van der Waals surface area contributed by atoms with Crippen LogP contribution in [0, 0.1) is 5.41 Å². The highest BCUT2D eigenvalue weighted by Crippen LogP contribution is 2.21. The van der Waals surface area contributed by atoms with E-state index in [1.807, 2.05) is 4.90 Å². The van der Waals surface area contributed by atoms with Gasteiger partial charge in [-0.3, -0.25) is 4.79 Å². The summed E-state index contributed by atoms with van der Waals surface area (Å²) < 4.78 is 10.8. The molecule has 0 spiro atoms. The Kier molecular flexibility index (Phi) is 5.56. The zero-order valence-electron chi connectivity index (χ0n) is 13.9. The van der Waals surface area contributed by atoms with E-state index < -0.39 is 6.10 Å². The predicted octanol–water partition coefficient (Wildman–Crippen LogP) is 0.380. The minimum atomic E-state index is -0.447. The number of carbonyl (C=O) groups is 1. The van der Waals surface area contributed by atoms with E-state index in [-0.39, 0.29) is 5.91 Å². The van der Waals surface area contributed by atoms with Gasteiger partial charge in [-0.15, -0.1) is 0 Å². The number of nitrogens with one attached hydrogen (secondary N) is 2. The van der Waals surface area contributed by atoms with Crippen LogP contribution in [0.2, 0.25) is 0 Å². The number of rotatable bonds is 5. The monoisotopic (exact) mass is 346 g/mol. The average Bonchev–Trinajstić information content (AvgIpc) is 3.18. The molecule has 0 aromatic carbocycles. The molecule has 1 atom stereocenters. The fourth-order valence-corrected chi connectivity index (χ4v) is 2.75. The first kappa shape index (κ1) is 17.3. The summed E-state index contributed by atoms with van der Waals surface area (Å²) >= 11 is 0. The maximum atomic E-state index is 12.3. The van der Waals surface area contributed by atoms with Crippen LogP contribution >= 0.6 is 0 Å². The first-order valence-corrected chi connectivity index (χ1v) is 8.28. The minimum Gasteiger partial charge on any atom is -0.404 e. The second-order valence-corrected chi connectivity index (χ2v) is 5.80. The SMILES string of the molecule is N=CC(=CN)c1cc(NC(=O)[C@@H]2CCCO2)nc(N2CCOCC2)n1. The third kappa shape index (κ3) is 4.12. The molecular weight excluding hydrogens is 324 g/mol. The van der Waals surface area contributed by atoms with Gasteiger partial charge in [0.05, 0.1) is 18.9 Å². The molecular formula is C16H22N6O3. The lowest BCUT2D eigenvalue weighted by Crippen LogP contribution is -2.37. The molecule has 0 radical (unpaired) electrons. The van der Waals surface area contributed by atoms with Crippen LogP contribution in [0.5, 0.6) is 0 Å². The molecule has 0 unspecified atom stereocenters. The Bertz CT molecular complexity index is 666. The molecule has 1 aromatic heterocycles. The zero-order chi connectivity index (χ0) is 17.6. The molecule has 2 aliphatic rings. The van der Waals surface area contributed by atoms with E-state index in [1.165, 1.54) is 6.20 Å². The lowest BCUT2D eigenvalue weighted by molar-refractivity contribution is -0.124. The highest BCUT2D eigenvalue weighted by atomic mass is 16.5. The predicted molar refractivity (Wildman–Crippen MR) is 93.6 cm³/mol. The number of aromatic nitrogens is 2. The first-order chi connectivity index (χ1) is 12.2. The number of morpholine rings is 1. The van der Waals surface area contributed by atoms with Crippen molar-refractivity contribution in [3.8, 4) is 0 Å². The number of hydrogen-bond donors (Lipinski definition) is 3. The number of nitrogens with two attached hydrogens (primary N) is 1. The lowest BCUT2D eigenvalue weighted by atomic mass is 10.2. The molecule has 9 heteroatoms. The molecule has 3 rings (SSSR count). The van der Waals surface area contributed by atoms with Gasteiger partial charge in [0.1, 0.15) is 11.9 Å². The maximum Gasteiger partial charge on any atom is 0.254 e. The lowest BCUT2D eigenvalue weighted by Gasteiger charge is -2.27. The fourth-order valence-electron chi connectivity index (χ4n) is 2.75. The Morgan fingerprint density at radius 1 is 1.36 bits per heavy atom. The van der Waals surface area contributed by atoms with Crippen molar-refractivity contribution >= 4 is 29.5 Å². The number of anilines is 2. The van der Waals surface area contributed by atoms with Crippen molar-refractivity contribution in [2.24, 2.45) is 5.73 Å². The number of allylic oxidation sites excluding steroid dienone is 1. The van der Waals surface area contributed by atoms with Crippen LogP contribution in [-0.4, -0.2) is 61.1 Å². The van der Waals surface area contributed by atoms with Crippen molar-refractivity contribution < 1.29 is 14.3 Å². The maximum absolute atomic E-state index is 12.3. The van der Waals surface area contributed by atoms with Crippen molar-refractivity contribution in [1.82, 2.24) is 9.97 Å². The summed E-state index contributed by atoms with van der Waals surface area (Å²) in [5, 5.41) is 10.3. The molecule has 2 aliphatic heterocycles. The topological polar surface area (TPSA) is 126 Å². The standard InChI is InChI=1S/C16H22N6O3/c17-9-11(10-18)12-8-14(20-15(23)13-2-1-5-25-13)21-16(19-12)22-3-6-24-7-4-22/h8-10,13,17H,1-7,18H2,(H,19,20,21,23)/t13-/m0/s1. The summed E-state index contributed by atoms with van der Waals surface area (Å²) in [5.74, 6) is 0.626. The van der Waals surface area contributed by atoms with E-state index in [1.54, 1.807) is 6.07 Å². The van der Waals surface area contributed by atoms with Gasteiger partial charge in [-0.25, -0.2) is 4.98 Å². The van der Waals surface area contributed by atoms with Crippen molar-refractivity contribution in [3.63, 3.8) is 0 Å². The van der Waals surface area contributed by atoms with Gasteiger partial charge < -0.3 is 30.8 Å². The molecule has 1 aromatic rings. The van der Waals surface area contributed by atoms with Gasteiger partial charge in [0.25, 0.3) is 5.91 Å². The second kappa shape index (κ2) is 8.04. The summed E-state index contributed by atoms with van der Waals surface area (Å²) in [6.07, 6.45) is 3.56. The smallest absolute Gasteiger partial charge is 0.254 e. The fraction of sp³-hybridized carbons (Fsp3) is 0.500. The van der Waals surface area contributed by atoms with Crippen LogP contribution in [0.1, 0.15) is 18.5 Å². The van der Waals surface area contributed by atoms with Crippen LogP contribution in [0.25, 0.3) is 5.57 Å². The highest BCUT2D eigenvalue weighted by molar-refractivity contribution is 6.07. The number of ether oxygens (including phenoxy) is 2. The van der Waals surface area contributed by atoms with Gasteiger partial charge in [0.2, 0.25) is 5.95 Å². The molecule has 3 heterocycles. The van der Waals surface area contributed by atoms with Gasteiger partial charge in [0, 0.05) is 43.8 Å². The molecule has 0 aliphatic carbocycles. The number of nitrogens with zero attached hydrogens (tertiary/aromatic N) is 3. The highest BCUT2D eigenvalue weighted by Gasteiger charge is 2.25. The first-order valence-electron chi connectivity index (χ1n) is 8.28. The summed E-state index contributed by atoms with van der Waals surface area (Å²) in [6.45, 7) is 3.11. The Balaban J connectivity index is 1.88. The van der Waals surface area contributed by atoms with Crippen molar-refractivity contribution in [3.05, 3.63) is 18.0 Å². The Labute approximate surface area is 145 Å². The number of hydrogen-bond acceptors (Lipinski definition) is 8. The van der Waals surface area contributed by atoms with E-state index >= 15 is 0 Å². The van der Waals surface area contributed by atoms with Gasteiger partial charge in [0.15, 0.2) is 0 Å². The van der Waals surface area contributed by atoms with Crippen molar-refractivity contribution in [2.75, 3.05) is 43.1 Å². The molecule has 0 saturated carbocycles. The number of carbonyl (C=O) groups excluding carboxylic acids is 1. The zero-order valence-corrected chi connectivity index (χ0v) is 13.9. The second-order valence-electron chi connectivity index (χ2n) is 5.80. The molecule has 4 N–H and O–H groups in total. The van der Waals surface area contributed by atoms with Gasteiger partial charge in [-0.05, 0) is 12.8 Å². The largest absolute Gasteiger partial charge is 0.404 e. The summed E-state index contributed by atoms with van der Waals surface area (Å²) in [6, 6.07) is 1.61. The van der Waals surface area contributed by atoms with Crippen LogP contribution in [0.4, 0.5) is 11.8 Å². The van der Waals surface area contributed by atoms with Crippen LogP contribution < -0.4 is 16.0 Å². The normalized spacial score (nSPS) is 21.2. The van der Waals surface area contributed by atoms with Crippen LogP contribution in [0.3, 0.4) is 0 Å². The van der Waals surface area contributed by atoms with E-state index in [0.29, 0.717) is 62.4 Å². The molecule has 0 bridgehead atoms. The molecule has 25 heavy (non-hydrogen) atoms. The van der Waals surface area contributed by atoms with E-state index in [9.17, 15) is 4.79 Å². The molecule has 2 saturated heterocycles. The van der Waals surface area contributed by atoms with Gasteiger partial charge >= 0.3 is 0 Å². The van der Waals surface area contributed by atoms with E-state index in [2.05, 4.69) is 15.3 Å². The van der Waals surface area contributed by atoms with Gasteiger partial charge in [-0.1, -0.05) is 0 Å². The van der Waals surface area contributed by atoms with Crippen LogP contribution in [0.15, 0.2) is 12.3 Å². The molecule has 2 fully saturated rings. The molecule has 9 nitrogen and oxygen atoms in total. The Hall–Kier alpha value is -2.52. The average molecular weight is 346 g/mol. The number of amides is 1. The minimum absolute atomic E-state index is 0.219. The third-order valence-electron chi connectivity index (χ3n) is 4.11. The van der Waals surface area contributed by atoms with E-state index in [4.69, 9.17) is 20.6 Å². The molecule has 1 amide bonds. The van der Waals surface area contributed by atoms with E-state index in [0.717, 1.165) is 12.6 Å². The summed E-state index contributed by atoms with van der Waals surface area (Å²) in [5.41, 5.74) is 6.51. The third-order valence-corrected chi connectivity index (χ3v) is 4.11. The summed E-state index contributed by atoms with van der Waals surface area (Å²) in [4.78, 5) is 23.2. The summed E-state index contributed by atoms with van der Waals surface area (Å²) in [7, 11) is 0. The Morgan fingerprint density at radius 3 is 2.80 bits per heavy atom. The quantitative estimate of drug-likeness (QED) is 0.658. The van der Waals surface area contributed by atoms with Crippen molar-refractivity contribution in [1.29, 1.82) is 5.41 Å². The van der Waals surface area contributed by atoms with Gasteiger partial charge in [-0.2, -0.15) is 4.98 Å². The van der Waals surface area contributed by atoms with Crippen molar-refractivity contribution in [2.45, 2.75) is 18.9 Å². The Morgan fingerprint density at radius 2 is 2.16 bits per heavy atom. The molecule has 134 valence electrons. The van der Waals surface area contributed by atoms with Crippen LogP contribution in [-0.2, 0) is 14.3 Å².